The quantitative estimate of drug-likeness (QED) is 0.659. The number of aromatic nitrogens is 1. The fraction of sp³-hybridized carbons (Fsp3) is 0.643. The van der Waals surface area contributed by atoms with E-state index in [0.29, 0.717) is 37.6 Å². The number of aliphatic hydroxyl groups is 2. The van der Waals surface area contributed by atoms with Crippen molar-refractivity contribution in [3.63, 3.8) is 0 Å². The molecule has 1 rings (SSSR count). The van der Waals surface area contributed by atoms with Crippen LogP contribution in [-0.4, -0.2) is 50.6 Å². The monoisotopic (exact) mass is 284 g/mol. The molecule has 0 spiro atoms. The van der Waals surface area contributed by atoms with E-state index in [4.69, 9.17) is 5.11 Å². The maximum atomic E-state index is 11.7. The van der Waals surface area contributed by atoms with Gasteiger partial charge in [0.25, 0.3) is 0 Å². The SMILES string of the molecule is CCN(CCO)Cc1c(O)c(=O)cc(C)n1CC(C)O. The van der Waals surface area contributed by atoms with Crippen molar-refractivity contribution in [3.05, 3.63) is 27.7 Å². The van der Waals surface area contributed by atoms with Gasteiger partial charge in [0.05, 0.1) is 18.4 Å². The van der Waals surface area contributed by atoms with Crippen molar-refractivity contribution in [1.82, 2.24) is 9.47 Å². The average Bonchev–Trinajstić information content (AvgIpc) is 2.38. The summed E-state index contributed by atoms with van der Waals surface area (Å²) in [6, 6.07) is 1.36. The van der Waals surface area contributed by atoms with Crippen molar-refractivity contribution in [2.75, 3.05) is 19.7 Å². The lowest BCUT2D eigenvalue weighted by Crippen LogP contribution is -2.30. The number of hydrogen-bond donors (Lipinski definition) is 3. The van der Waals surface area contributed by atoms with Crippen LogP contribution in [0.5, 0.6) is 5.75 Å². The van der Waals surface area contributed by atoms with Crippen LogP contribution in [0.4, 0.5) is 0 Å². The summed E-state index contributed by atoms with van der Waals surface area (Å²) in [6.07, 6.45) is -0.581. The summed E-state index contributed by atoms with van der Waals surface area (Å²) in [5, 5.41) is 28.6. The molecule has 0 bridgehead atoms. The fourth-order valence-corrected chi connectivity index (χ4v) is 2.20. The van der Waals surface area contributed by atoms with Crippen LogP contribution >= 0.6 is 0 Å². The van der Waals surface area contributed by atoms with Gasteiger partial charge in [-0.25, -0.2) is 0 Å². The zero-order valence-corrected chi connectivity index (χ0v) is 12.3. The maximum Gasteiger partial charge on any atom is 0.223 e. The van der Waals surface area contributed by atoms with Crippen molar-refractivity contribution in [1.29, 1.82) is 0 Å². The Kier molecular flexibility index (Phi) is 6.19. The van der Waals surface area contributed by atoms with Crippen LogP contribution in [0.1, 0.15) is 25.2 Å². The number of aryl methyl sites for hydroxylation is 1. The van der Waals surface area contributed by atoms with E-state index in [-0.39, 0.29) is 12.4 Å². The van der Waals surface area contributed by atoms with E-state index in [1.807, 2.05) is 11.8 Å². The van der Waals surface area contributed by atoms with E-state index < -0.39 is 11.5 Å². The minimum atomic E-state index is -0.581. The Balaban J connectivity index is 3.22. The Bertz CT molecular complexity index is 497. The molecular formula is C14H24N2O4. The minimum Gasteiger partial charge on any atom is -0.503 e. The van der Waals surface area contributed by atoms with E-state index in [0.717, 1.165) is 0 Å². The molecule has 1 heterocycles. The molecule has 0 aliphatic carbocycles. The highest BCUT2D eigenvalue weighted by molar-refractivity contribution is 5.29. The first-order valence-electron chi connectivity index (χ1n) is 6.84. The normalized spacial score (nSPS) is 12.9. The van der Waals surface area contributed by atoms with Gasteiger partial charge in [-0.05, 0) is 20.4 Å². The van der Waals surface area contributed by atoms with E-state index in [1.54, 1.807) is 18.4 Å². The number of pyridine rings is 1. The second-order valence-corrected chi connectivity index (χ2v) is 5.00. The van der Waals surface area contributed by atoms with Gasteiger partial charge in [0.15, 0.2) is 5.75 Å². The summed E-state index contributed by atoms with van der Waals surface area (Å²) in [4.78, 5) is 13.7. The van der Waals surface area contributed by atoms with Crippen molar-refractivity contribution in [2.45, 2.75) is 40.0 Å². The Morgan fingerprint density at radius 3 is 2.60 bits per heavy atom. The molecule has 0 fully saturated rings. The molecule has 0 saturated carbocycles. The van der Waals surface area contributed by atoms with Crippen LogP contribution in [0.3, 0.4) is 0 Å². The van der Waals surface area contributed by atoms with Crippen LogP contribution < -0.4 is 5.43 Å². The number of hydrogen-bond acceptors (Lipinski definition) is 5. The lowest BCUT2D eigenvalue weighted by molar-refractivity contribution is 0.163. The van der Waals surface area contributed by atoms with Gasteiger partial charge >= 0.3 is 0 Å². The molecule has 0 amide bonds. The largest absolute Gasteiger partial charge is 0.503 e. The van der Waals surface area contributed by atoms with Crippen LogP contribution in [-0.2, 0) is 13.1 Å². The summed E-state index contributed by atoms with van der Waals surface area (Å²) < 4.78 is 1.75. The molecule has 0 radical (unpaired) electrons. The lowest BCUT2D eigenvalue weighted by Gasteiger charge is -2.24. The van der Waals surface area contributed by atoms with Gasteiger partial charge in [-0.1, -0.05) is 6.92 Å². The van der Waals surface area contributed by atoms with Crippen LogP contribution in [0.15, 0.2) is 10.9 Å². The molecule has 1 unspecified atom stereocenters. The van der Waals surface area contributed by atoms with Crippen molar-refractivity contribution in [3.8, 4) is 5.75 Å². The summed E-state index contributed by atoms with van der Waals surface area (Å²) in [5.74, 6) is -0.285. The maximum absolute atomic E-state index is 11.7. The molecule has 1 aromatic rings. The third kappa shape index (κ3) is 4.06. The highest BCUT2D eigenvalue weighted by atomic mass is 16.3. The van der Waals surface area contributed by atoms with Gasteiger partial charge < -0.3 is 19.9 Å². The Morgan fingerprint density at radius 2 is 2.10 bits per heavy atom. The zero-order valence-electron chi connectivity index (χ0n) is 12.3. The number of aromatic hydroxyl groups is 1. The Hall–Kier alpha value is -1.37. The van der Waals surface area contributed by atoms with Crippen molar-refractivity contribution < 1.29 is 15.3 Å². The summed E-state index contributed by atoms with van der Waals surface area (Å²) >= 11 is 0. The van der Waals surface area contributed by atoms with Crippen LogP contribution in [0.25, 0.3) is 0 Å². The van der Waals surface area contributed by atoms with Gasteiger partial charge in [0.2, 0.25) is 5.43 Å². The fourth-order valence-electron chi connectivity index (χ4n) is 2.20. The molecule has 114 valence electrons. The summed E-state index contributed by atoms with van der Waals surface area (Å²) in [6.45, 7) is 7.21. The highest BCUT2D eigenvalue weighted by Crippen LogP contribution is 2.17. The third-order valence-electron chi connectivity index (χ3n) is 3.28. The first-order chi connectivity index (χ1) is 9.40. The molecule has 0 aliphatic rings. The molecule has 0 saturated heterocycles. The third-order valence-corrected chi connectivity index (χ3v) is 3.28. The topological polar surface area (TPSA) is 85.9 Å². The van der Waals surface area contributed by atoms with Gasteiger partial charge in [-0.2, -0.15) is 0 Å². The van der Waals surface area contributed by atoms with Gasteiger partial charge in [-0.15, -0.1) is 0 Å². The van der Waals surface area contributed by atoms with Crippen molar-refractivity contribution in [2.24, 2.45) is 0 Å². The average molecular weight is 284 g/mol. The number of nitrogens with zero attached hydrogens (tertiary/aromatic N) is 2. The first kappa shape index (κ1) is 16.7. The Labute approximate surface area is 118 Å². The van der Waals surface area contributed by atoms with Gasteiger partial charge in [-0.3, -0.25) is 9.69 Å². The van der Waals surface area contributed by atoms with Crippen molar-refractivity contribution >= 4 is 0 Å². The molecule has 6 heteroatoms. The standard InChI is InChI=1S/C14H24N2O4/c1-4-15(5-6-17)9-12-14(20)13(19)7-10(2)16(12)8-11(3)18/h7,11,17-18,20H,4-6,8-9H2,1-3H3. The summed E-state index contributed by atoms with van der Waals surface area (Å²) in [7, 11) is 0. The predicted octanol–water partition coefficient (Wildman–Crippen LogP) is 0.0573. The Morgan fingerprint density at radius 1 is 1.45 bits per heavy atom. The summed E-state index contributed by atoms with van der Waals surface area (Å²) in [5.41, 5.74) is 0.759. The minimum absolute atomic E-state index is 0.0149. The smallest absolute Gasteiger partial charge is 0.223 e. The van der Waals surface area contributed by atoms with E-state index in [1.165, 1.54) is 6.07 Å². The van der Waals surface area contributed by atoms with E-state index in [9.17, 15) is 15.0 Å². The molecule has 20 heavy (non-hydrogen) atoms. The van der Waals surface area contributed by atoms with Gasteiger partial charge in [0, 0.05) is 31.4 Å². The molecular weight excluding hydrogens is 260 g/mol. The number of likely N-dealkylation sites (N-methyl/N-ethyl adjacent to an activating group) is 1. The molecule has 1 atom stereocenters. The molecule has 6 nitrogen and oxygen atoms in total. The second-order valence-electron chi connectivity index (χ2n) is 5.00. The molecule has 1 aromatic heterocycles. The van der Waals surface area contributed by atoms with Crippen LogP contribution in [0.2, 0.25) is 0 Å². The molecule has 0 aromatic carbocycles. The number of aliphatic hydroxyl groups excluding tert-OH is 2. The highest BCUT2D eigenvalue weighted by Gasteiger charge is 2.16. The van der Waals surface area contributed by atoms with Crippen LogP contribution in [0, 0.1) is 6.92 Å². The lowest BCUT2D eigenvalue weighted by atomic mass is 10.2. The predicted molar refractivity (Wildman–Crippen MR) is 76.8 cm³/mol. The first-order valence-corrected chi connectivity index (χ1v) is 6.84. The number of rotatable bonds is 7. The van der Waals surface area contributed by atoms with E-state index >= 15 is 0 Å². The van der Waals surface area contributed by atoms with E-state index in [2.05, 4.69) is 0 Å². The van der Waals surface area contributed by atoms with Gasteiger partial charge in [0.1, 0.15) is 0 Å². The molecule has 0 aliphatic heterocycles. The molecule has 3 N–H and O–H groups in total. The second kappa shape index (κ2) is 7.42. The zero-order chi connectivity index (χ0) is 15.3.